The van der Waals surface area contributed by atoms with E-state index in [-0.39, 0.29) is 5.82 Å². The van der Waals surface area contributed by atoms with Gasteiger partial charge in [0.25, 0.3) is 0 Å². The average Bonchev–Trinajstić information content (AvgIpc) is 2.72. The Bertz CT molecular complexity index is 514. The second-order valence-electron chi connectivity index (χ2n) is 4.43. The second-order valence-corrected chi connectivity index (χ2v) is 4.43. The first-order chi connectivity index (χ1) is 8.61. The Balaban J connectivity index is 2.30. The Labute approximate surface area is 106 Å². The largest absolute Gasteiger partial charge is 0.461 e. The molecule has 0 amide bonds. The van der Waals surface area contributed by atoms with E-state index in [1.54, 1.807) is 12.1 Å². The van der Waals surface area contributed by atoms with Crippen LogP contribution in [0.25, 0.3) is 11.3 Å². The van der Waals surface area contributed by atoms with E-state index in [1.165, 1.54) is 12.1 Å². The van der Waals surface area contributed by atoms with Crippen molar-refractivity contribution in [3.05, 3.63) is 47.5 Å². The van der Waals surface area contributed by atoms with Crippen LogP contribution in [0.15, 0.2) is 34.7 Å². The number of benzene rings is 1. The van der Waals surface area contributed by atoms with Crippen LogP contribution in [0.5, 0.6) is 0 Å². The Kier molecular flexibility index (Phi) is 3.82. The third kappa shape index (κ3) is 2.62. The zero-order valence-corrected chi connectivity index (χ0v) is 10.6. The summed E-state index contributed by atoms with van der Waals surface area (Å²) in [6.45, 7) is 3.86. The van der Waals surface area contributed by atoms with E-state index < -0.39 is 6.10 Å². The molecule has 2 aromatic rings. The SMILES string of the molecule is CCCC(O)c1cc(-c2ccc(F)cc2)oc1C. The van der Waals surface area contributed by atoms with Crippen LogP contribution in [0.3, 0.4) is 0 Å². The topological polar surface area (TPSA) is 33.4 Å². The predicted molar refractivity (Wildman–Crippen MR) is 68.7 cm³/mol. The first-order valence-corrected chi connectivity index (χ1v) is 6.16. The Morgan fingerprint density at radius 3 is 2.56 bits per heavy atom. The lowest BCUT2D eigenvalue weighted by Crippen LogP contribution is -1.96. The van der Waals surface area contributed by atoms with E-state index in [2.05, 4.69) is 0 Å². The fraction of sp³-hybridized carbons (Fsp3) is 0.333. The molecule has 1 heterocycles. The molecular formula is C15H17FO2. The lowest BCUT2D eigenvalue weighted by molar-refractivity contribution is 0.164. The highest BCUT2D eigenvalue weighted by Gasteiger charge is 2.15. The van der Waals surface area contributed by atoms with Crippen molar-refractivity contribution in [2.75, 3.05) is 0 Å². The minimum absolute atomic E-state index is 0.270. The minimum Gasteiger partial charge on any atom is -0.461 e. The third-order valence-electron chi connectivity index (χ3n) is 3.01. The molecule has 3 heteroatoms. The maximum atomic E-state index is 12.8. The van der Waals surface area contributed by atoms with Gasteiger partial charge in [-0.25, -0.2) is 4.39 Å². The Morgan fingerprint density at radius 2 is 1.94 bits per heavy atom. The van der Waals surface area contributed by atoms with E-state index in [0.29, 0.717) is 12.2 Å². The van der Waals surface area contributed by atoms with Crippen LogP contribution >= 0.6 is 0 Å². The van der Waals surface area contributed by atoms with Crippen molar-refractivity contribution in [2.24, 2.45) is 0 Å². The summed E-state index contributed by atoms with van der Waals surface area (Å²) < 4.78 is 18.5. The third-order valence-corrected chi connectivity index (χ3v) is 3.01. The Morgan fingerprint density at radius 1 is 1.28 bits per heavy atom. The van der Waals surface area contributed by atoms with E-state index >= 15 is 0 Å². The van der Waals surface area contributed by atoms with Gasteiger partial charge in [0.05, 0.1) is 6.10 Å². The molecule has 1 atom stereocenters. The fourth-order valence-electron chi connectivity index (χ4n) is 2.01. The summed E-state index contributed by atoms with van der Waals surface area (Å²) >= 11 is 0. The molecule has 0 bridgehead atoms. The number of furan rings is 1. The van der Waals surface area contributed by atoms with Gasteiger partial charge in [0.2, 0.25) is 0 Å². The van der Waals surface area contributed by atoms with Gasteiger partial charge in [-0.2, -0.15) is 0 Å². The molecule has 0 fully saturated rings. The van der Waals surface area contributed by atoms with E-state index in [9.17, 15) is 9.50 Å². The maximum absolute atomic E-state index is 12.8. The molecule has 0 saturated heterocycles. The molecule has 18 heavy (non-hydrogen) atoms. The van der Waals surface area contributed by atoms with Gasteiger partial charge in [0.1, 0.15) is 17.3 Å². The molecular weight excluding hydrogens is 231 g/mol. The molecule has 0 radical (unpaired) electrons. The van der Waals surface area contributed by atoms with Gasteiger partial charge in [0, 0.05) is 11.1 Å². The van der Waals surface area contributed by atoms with Crippen molar-refractivity contribution in [1.29, 1.82) is 0 Å². The summed E-state index contributed by atoms with van der Waals surface area (Å²) in [7, 11) is 0. The molecule has 1 aromatic carbocycles. The highest BCUT2D eigenvalue weighted by atomic mass is 19.1. The molecule has 1 unspecified atom stereocenters. The van der Waals surface area contributed by atoms with Crippen molar-refractivity contribution in [3.63, 3.8) is 0 Å². The predicted octanol–water partition coefficient (Wildman–Crippen LogP) is 4.23. The minimum atomic E-state index is -0.493. The molecule has 0 aliphatic heterocycles. The smallest absolute Gasteiger partial charge is 0.134 e. The van der Waals surface area contributed by atoms with Gasteiger partial charge in [-0.1, -0.05) is 13.3 Å². The average molecular weight is 248 g/mol. The molecule has 2 nitrogen and oxygen atoms in total. The molecule has 96 valence electrons. The lowest BCUT2D eigenvalue weighted by atomic mass is 10.0. The van der Waals surface area contributed by atoms with Gasteiger partial charge < -0.3 is 9.52 Å². The second kappa shape index (κ2) is 5.36. The van der Waals surface area contributed by atoms with E-state index in [0.717, 1.165) is 23.3 Å². The van der Waals surface area contributed by atoms with Gasteiger partial charge in [0.15, 0.2) is 0 Å². The molecule has 2 rings (SSSR count). The van der Waals surface area contributed by atoms with Crippen LogP contribution in [0, 0.1) is 12.7 Å². The molecule has 0 aliphatic carbocycles. The number of halogens is 1. The van der Waals surface area contributed by atoms with Gasteiger partial charge in [-0.15, -0.1) is 0 Å². The van der Waals surface area contributed by atoms with Crippen molar-refractivity contribution in [3.8, 4) is 11.3 Å². The summed E-state index contributed by atoms with van der Waals surface area (Å²) in [6.07, 6.45) is 1.13. The summed E-state index contributed by atoms with van der Waals surface area (Å²) in [4.78, 5) is 0. The zero-order chi connectivity index (χ0) is 13.1. The van der Waals surface area contributed by atoms with Crippen LogP contribution in [0.4, 0.5) is 4.39 Å². The number of aliphatic hydroxyl groups is 1. The molecule has 1 N–H and O–H groups in total. The van der Waals surface area contributed by atoms with Gasteiger partial charge in [-0.05, 0) is 43.7 Å². The summed E-state index contributed by atoms with van der Waals surface area (Å²) in [5.74, 6) is 1.11. The fourth-order valence-corrected chi connectivity index (χ4v) is 2.01. The number of hydrogen-bond donors (Lipinski definition) is 1. The number of rotatable bonds is 4. The summed E-state index contributed by atoms with van der Waals surface area (Å²) in [5.41, 5.74) is 1.63. The summed E-state index contributed by atoms with van der Waals surface area (Å²) in [6, 6.07) is 7.97. The van der Waals surface area contributed by atoms with E-state index in [4.69, 9.17) is 4.42 Å². The number of aliphatic hydroxyl groups excluding tert-OH is 1. The first kappa shape index (κ1) is 12.8. The summed E-state index contributed by atoms with van der Waals surface area (Å²) in [5, 5.41) is 9.99. The number of aryl methyl sites for hydroxylation is 1. The van der Waals surface area contributed by atoms with E-state index in [1.807, 2.05) is 19.9 Å². The highest BCUT2D eigenvalue weighted by molar-refractivity contribution is 5.59. The van der Waals surface area contributed by atoms with Crippen LogP contribution in [-0.2, 0) is 0 Å². The van der Waals surface area contributed by atoms with Crippen LogP contribution in [-0.4, -0.2) is 5.11 Å². The van der Waals surface area contributed by atoms with Crippen LogP contribution in [0.2, 0.25) is 0 Å². The molecule has 0 aliphatic rings. The van der Waals surface area contributed by atoms with Gasteiger partial charge in [-0.3, -0.25) is 0 Å². The van der Waals surface area contributed by atoms with Crippen molar-refractivity contribution < 1.29 is 13.9 Å². The maximum Gasteiger partial charge on any atom is 0.134 e. The van der Waals surface area contributed by atoms with Crippen molar-refractivity contribution >= 4 is 0 Å². The van der Waals surface area contributed by atoms with Crippen molar-refractivity contribution in [1.82, 2.24) is 0 Å². The van der Waals surface area contributed by atoms with Crippen molar-refractivity contribution in [2.45, 2.75) is 32.8 Å². The number of hydrogen-bond acceptors (Lipinski definition) is 2. The highest BCUT2D eigenvalue weighted by Crippen LogP contribution is 2.30. The van der Waals surface area contributed by atoms with Gasteiger partial charge >= 0.3 is 0 Å². The molecule has 0 saturated carbocycles. The molecule has 0 spiro atoms. The van der Waals surface area contributed by atoms with Crippen LogP contribution < -0.4 is 0 Å². The standard InChI is InChI=1S/C15H17FO2/c1-3-4-14(17)13-9-15(18-10(13)2)11-5-7-12(16)8-6-11/h5-9,14,17H,3-4H2,1-2H3. The monoisotopic (exact) mass is 248 g/mol. The van der Waals surface area contributed by atoms with Crippen LogP contribution in [0.1, 0.15) is 37.2 Å². The molecule has 1 aromatic heterocycles. The Hall–Kier alpha value is -1.61. The normalized spacial score (nSPS) is 12.7. The lowest BCUT2D eigenvalue weighted by Gasteiger charge is -2.06. The first-order valence-electron chi connectivity index (χ1n) is 6.16. The zero-order valence-electron chi connectivity index (χ0n) is 10.6. The quantitative estimate of drug-likeness (QED) is 0.878.